The molecule has 0 atom stereocenters. The van der Waals surface area contributed by atoms with Crippen molar-refractivity contribution in [2.24, 2.45) is 0 Å². The molecule has 2 rings (SSSR count). The Morgan fingerprint density at radius 3 is 3.06 bits per heavy atom. The molecule has 5 nitrogen and oxygen atoms in total. The van der Waals surface area contributed by atoms with E-state index in [4.69, 9.17) is 4.52 Å². The topological polar surface area (TPSA) is 63.8 Å². The van der Waals surface area contributed by atoms with E-state index in [0.29, 0.717) is 11.7 Å². The normalized spacial score (nSPS) is 10.7. The maximum absolute atomic E-state index is 5.18. The second-order valence-corrected chi connectivity index (χ2v) is 3.94. The Morgan fingerprint density at radius 2 is 2.29 bits per heavy atom. The first-order valence-electron chi connectivity index (χ1n) is 5.70. The highest BCUT2D eigenvalue weighted by Gasteiger charge is 2.09. The zero-order chi connectivity index (χ0) is 12.1. The minimum absolute atomic E-state index is 0.563. The fourth-order valence-corrected chi connectivity index (χ4v) is 1.54. The van der Waals surface area contributed by atoms with Crippen molar-refractivity contribution in [2.75, 3.05) is 13.6 Å². The summed E-state index contributed by atoms with van der Waals surface area (Å²) < 4.78 is 5.18. The fraction of sp³-hybridized carbons (Fsp3) is 0.417. The van der Waals surface area contributed by atoms with Crippen LogP contribution in [0.4, 0.5) is 0 Å². The zero-order valence-corrected chi connectivity index (χ0v) is 10.1. The largest absolute Gasteiger partial charge is 0.339 e. The summed E-state index contributed by atoms with van der Waals surface area (Å²) in [6.45, 7) is 2.96. The summed E-state index contributed by atoms with van der Waals surface area (Å²) in [7, 11) is 1.93. The lowest BCUT2D eigenvalue weighted by Gasteiger charge is -1.95. The van der Waals surface area contributed by atoms with Gasteiger partial charge in [0.25, 0.3) is 0 Å². The molecule has 0 fully saturated rings. The predicted octanol–water partition coefficient (Wildman–Crippen LogP) is 1.59. The van der Waals surface area contributed by atoms with Gasteiger partial charge in [0.15, 0.2) is 0 Å². The Hall–Kier alpha value is -1.75. The molecule has 0 spiro atoms. The van der Waals surface area contributed by atoms with Gasteiger partial charge in [0.05, 0.1) is 0 Å². The summed E-state index contributed by atoms with van der Waals surface area (Å²) in [5, 5.41) is 7.02. The van der Waals surface area contributed by atoms with Crippen LogP contribution in [0.3, 0.4) is 0 Å². The second-order valence-electron chi connectivity index (χ2n) is 3.94. The third-order valence-corrected chi connectivity index (χ3v) is 2.43. The van der Waals surface area contributed by atoms with Gasteiger partial charge in [-0.1, -0.05) is 5.16 Å². The van der Waals surface area contributed by atoms with Crippen molar-refractivity contribution in [2.45, 2.75) is 19.8 Å². The third kappa shape index (κ3) is 3.10. The molecule has 0 unspecified atom stereocenters. The molecule has 2 heterocycles. The number of pyridine rings is 1. The highest BCUT2D eigenvalue weighted by molar-refractivity contribution is 5.48. The molecule has 0 aliphatic rings. The maximum Gasteiger partial charge on any atom is 0.227 e. The van der Waals surface area contributed by atoms with E-state index >= 15 is 0 Å². The van der Waals surface area contributed by atoms with E-state index in [1.165, 1.54) is 0 Å². The van der Waals surface area contributed by atoms with Crippen LogP contribution in [0.1, 0.15) is 17.9 Å². The van der Waals surface area contributed by atoms with E-state index in [1.807, 2.05) is 26.1 Å². The van der Waals surface area contributed by atoms with Gasteiger partial charge in [0.2, 0.25) is 11.7 Å². The summed E-state index contributed by atoms with van der Waals surface area (Å²) in [4.78, 5) is 8.55. The SMILES string of the molecule is CNCCCc1nc(-c2cc(C)ccn2)no1. The van der Waals surface area contributed by atoms with Crippen molar-refractivity contribution < 1.29 is 4.52 Å². The summed E-state index contributed by atoms with van der Waals surface area (Å²) >= 11 is 0. The number of hydrogen-bond donors (Lipinski definition) is 1. The molecule has 0 saturated heterocycles. The lowest BCUT2D eigenvalue weighted by atomic mass is 10.2. The summed E-state index contributed by atoms with van der Waals surface area (Å²) in [5.74, 6) is 1.23. The van der Waals surface area contributed by atoms with E-state index in [2.05, 4.69) is 20.4 Å². The first kappa shape index (κ1) is 11.7. The van der Waals surface area contributed by atoms with Crippen molar-refractivity contribution in [3.63, 3.8) is 0 Å². The molecule has 1 N–H and O–H groups in total. The third-order valence-electron chi connectivity index (χ3n) is 2.43. The van der Waals surface area contributed by atoms with Crippen LogP contribution in [-0.2, 0) is 6.42 Å². The second kappa shape index (κ2) is 5.54. The van der Waals surface area contributed by atoms with Crippen LogP contribution in [0.2, 0.25) is 0 Å². The molecule has 0 saturated carbocycles. The lowest BCUT2D eigenvalue weighted by molar-refractivity contribution is 0.375. The monoisotopic (exact) mass is 232 g/mol. The quantitative estimate of drug-likeness (QED) is 0.793. The van der Waals surface area contributed by atoms with E-state index in [1.54, 1.807) is 6.20 Å². The Morgan fingerprint density at radius 1 is 1.41 bits per heavy atom. The number of rotatable bonds is 5. The summed E-state index contributed by atoms with van der Waals surface area (Å²) in [6.07, 6.45) is 3.53. The highest BCUT2D eigenvalue weighted by atomic mass is 16.5. The maximum atomic E-state index is 5.18. The van der Waals surface area contributed by atoms with E-state index in [0.717, 1.165) is 30.6 Å². The highest BCUT2D eigenvalue weighted by Crippen LogP contribution is 2.14. The molecule has 2 aromatic heterocycles. The van der Waals surface area contributed by atoms with Crippen molar-refractivity contribution >= 4 is 0 Å². The number of aryl methyl sites for hydroxylation is 2. The smallest absolute Gasteiger partial charge is 0.227 e. The number of nitrogens with one attached hydrogen (secondary N) is 1. The Balaban J connectivity index is 2.07. The molecule has 0 radical (unpaired) electrons. The molecule has 90 valence electrons. The molecule has 5 heteroatoms. The number of hydrogen-bond acceptors (Lipinski definition) is 5. The van der Waals surface area contributed by atoms with E-state index in [9.17, 15) is 0 Å². The van der Waals surface area contributed by atoms with Crippen LogP contribution >= 0.6 is 0 Å². The van der Waals surface area contributed by atoms with Crippen molar-refractivity contribution in [1.29, 1.82) is 0 Å². The van der Waals surface area contributed by atoms with Crippen molar-refractivity contribution in [3.05, 3.63) is 29.8 Å². The van der Waals surface area contributed by atoms with Crippen molar-refractivity contribution in [1.82, 2.24) is 20.4 Å². The average Bonchev–Trinajstić information content (AvgIpc) is 2.78. The first-order chi connectivity index (χ1) is 8.29. The Labute approximate surface area is 100 Å². The molecular weight excluding hydrogens is 216 g/mol. The van der Waals surface area contributed by atoms with Crippen LogP contribution in [-0.4, -0.2) is 28.7 Å². The van der Waals surface area contributed by atoms with E-state index < -0.39 is 0 Å². The predicted molar refractivity (Wildman–Crippen MR) is 64.5 cm³/mol. The molecule has 0 aromatic carbocycles. The number of aromatic nitrogens is 3. The first-order valence-corrected chi connectivity index (χ1v) is 5.70. The molecule has 17 heavy (non-hydrogen) atoms. The van der Waals surface area contributed by atoms with Gasteiger partial charge in [-0.3, -0.25) is 4.98 Å². The summed E-state index contributed by atoms with van der Waals surface area (Å²) in [6, 6.07) is 3.89. The van der Waals surface area contributed by atoms with E-state index in [-0.39, 0.29) is 0 Å². The van der Waals surface area contributed by atoms with Crippen LogP contribution in [0.25, 0.3) is 11.5 Å². The fourth-order valence-electron chi connectivity index (χ4n) is 1.54. The standard InChI is InChI=1S/C12H16N4O/c1-9-5-7-14-10(8-9)12-15-11(17-16-12)4-3-6-13-2/h5,7-8,13H,3-4,6H2,1-2H3. The summed E-state index contributed by atoms with van der Waals surface area (Å²) in [5.41, 5.74) is 1.89. The van der Waals surface area contributed by atoms with Crippen LogP contribution in [0.15, 0.2) is 22.9 Å². The van der Waals surface area contributed by atoms with Gasteiger partial charge in [-0.05, 0) is 44.6 Å². The molecule has 0 aliphatic carbocycles. The molecule has 2 aromatic rings. The lowest BCUT2D eigenvalue weighted by Crippen LogP contribution is -2.08. The van der Waals surface area contributed by atoms with Crippen molar-refractivity contribution in [3.8, 4) is 11.5 Å². The molecule has 0 amide bonds. The van der Waals surface area contributed by atoms with Gasteiger partial charge in [0.1, 0.15) is 5.69 Å². The van der Waals surface area contributed by atoms with Gasteiger partial charge in [0, 0.05) is 12.6 Å². The van der Waals surface area contributed by atoms with Gasteiger partial charge >= 0.3 is 0 Å². The molecule has 0 bridgehead atoms. The number of nitrogens with zero attached hydrogens (tertiary/aromatic N) is 3. The molecule has 0 aliphatic heterocycles. The molecular formula is C12H16N4O. The van der Waals surface area contributed by atoms with Crippen LogP contribution < -0.4 is 5.32 Å². The minimum atomic E-state index is 0.563. The van der Waals surface area contributed by atoms with Gasteiger partial charge in [-0.25, -0.2) is 0 Å². The Kier molecular flexibility index (Phi) is 3.82. The minimum Gasteiger partial charge on any atom is -0.339 e. The van der Waals surface area contributed by atoms with Gasteiger partial charge in [-0.15, -0.1) is 0 Å². The zero-order valence-electron chi connectivity index (χ0n) is 10.1. The van der Waals surface area contributed by atoms with Gasteiger partial charge in [-0.2, -0.15) is 4.98 Å². The Bertz CT molecular complexity index is 481. The van der Waals surface area contributed by atoms with Crippen LogP contribution in [0, 0.1) is 6.92 Å². The van der Waals surface area contributed by atoms with Crippen LogP contribution in [0.5, 0.6) is 0 Å². The average molecular weight is 232 g/mol. The van der Waals surface area contributed by atoms with Gasteiger partial charge < -0.3 is 9.84 Å².